The second-order valence-corrected chi connectivity index (χ2v) is 5.46. The van der Waals surface area contributed by atoms with E-state index in [1.807, 2.05) is 0 Å². The third-order valence-corrected chi connectivity index (χ3v) is 4.08. The topological polar surface area (TPSA) is 53.0 Å². The van der Waals surface area contributed by atoms with Crippen LogP contribution in [0.2, 0.25) is 0 Å². The first kappa shape index (κ1) is 14.7. The first-order valence-corrected chi connectivity index (χ1v) is 6.82. The normalized spacial score (nSPS) is 23.7. The molecule has 1 saturated heterocycles. The van der Waals surface area contributed by atoms with Crippen LogP contribution in [0.5, 0.6) is 11.5 Å². The molecule has 20 heavy (non-hydrogen) atoms. The average Bonchev–Trinajstić information content (AvgIpc) is 2.44. The molecule has 0 spiro atoms. The van der Waals surface area contributed by atoms with Crippen LogP contribution < -0.4 is 4.74 Å². The van der Waals surface area contributed by atoms with Gasteiger partial charge >= 0.3 is 0 Å². The number of nitrogens with zero attached hydrogens (tertiary/aromatic N) is 2. The minimum Gasteiger partial charge on any atom is -0.507 e. The molecule has 1 amide bonds. The first-order valence-electron chi connectivity index (χ1n) is 6.82. The number of aromatic hydroxyl groups is 1. The number of amides is 1. The van der Waals surface area contributed by atoms with Gasteiger partial charge in [0.15, 0.2) is 0 Å². The Morgan fingerprint density at radius 1 is 1.30 bits per heavy atom. The minimum atomic E-state index is -0.145. The zero-order chi connectivity index (χ0) is 14.9. The smallest absolute Gasteiger partial charge is 0.257 e. The zero-order valence-corrected chi connectivity index (χ0v) is 12.5. The maximum Gasteiger partial charge on any atom is 0.257 e. The van der Waals surface area contributed by atoms with Gasteiger partial charge in [-0.3, -0.25) is 9.69 Å². The van der Waals surface area contributed by atoms with E-state index in [1.165, 1.54) is 6.07 Å². The summed E-state index contributed by atoms with van der Waals surface area (Å²) in [5.41, 5.74) is 0.299. The molecule has 0 bridgehead atoms. The van der Waals surface area contributed by atoms with Crippen molar-refractivity contribution in [3.8, 4) is 11.5 Å². The molecule has 1 heterocycles. The second-order valence-electron chi connectivity index (χ2n) is 5.46. The molecule has 5 heteroatoms. The number of likely N-dealkylation sites (N-methyl/N-ethyl adjacent to an activating group) is 1. The molecule has 1 aliphatic rings. The Labute approximate surface area is 119 Å². The predicted octanol–water partition coefficient (Wildman–Crippen LogP) is 1.57. The van der Waals surface area contributed by atoms with Crippen LogP contribution in [-0.2, 0) is 0 Å². The number of ether oxygens (including phenoxy) is 1. The van der Waals surface area contributed by atoms with E-state index in [1.54, 1.807) is 24.1 Å². The molecule has 1 aromatic rings. The quantitative estimate of drug-likeness (QED) is 0.892. The highest BCUT2D eigenvalue weighted by Crippen LogP contribution is 2.25. The molecule has 1 aromatic carbocycles. The van der Waals surface area contributed by atoms with Gasteiger partial charge in [0.05, 0.1) is 12.7 Å². The van der Waals surface area contributed by atoms with Crippen LogP contribution in [0.3, 0.4) is 0 Å². The molecule has 1 N–H and O–H groups in total. The highest BCUT2D eigenvalue weighted by atomic mass is 16.5. The minimum absolute atomic E-state index is 0.00460. The fourth-order valence-corrected chi connectivity index (χ4v) is 2.55. The zero-order valence-electron chi connectivity index (χ0n) is 12.5. The number of benzene rings is 1. The first-order chi connectivity index (χ1) is 9.43. The highest BCUT2D eigenvalue weighted by Gasteiger charge is 2.30. The Balaban J connectivity index is 2.23. The average molecular weight is 278 g/mol. The number of hydrogen-bond donors (Lipinski definition) is 1. The van der Waals surface area contributed by atoms with Crippen molar-refractivity contribution in [1.82, 2.24) is 9.80 Å². The summed E-state index contributed by atoms with van der Waals surface area (Å²) in [5.74, 6) is 0.421. The number of phenolic OH excluding ortho intramolecular Hbond substituents is 1. The van der Waals surface area contributed by atoms with Gasteiger partial charge < -0.3 is 14.7 Å². The van der Waals surface area contributed by atoms with Crippen molar-refractivity contribution in [1.29, 1.82) is 0 Å². The lowest BCUT2D eigenvalue weighted by Gasteiger charge is -2.42. The van der Waals surface area contributed by atoms with Crippen molar-refractivity contribution >= 4 is 5.91 Å². The van der Waals surface area contributed by atoms with E-state index in [-0.39, 0.29) is 11.7 Å². The number of carbonyl (C=O) groups excluding carboxylic acids is 1. The van der Waals surface area contributed by atoms with Crippen molar-refractivity contribution in [2.24, 2.45) is 0 Å². The van der Waals surface area contributed by atoms with E-state index in [9.17, 15) is 9.90 Å². The molecule has 5 nitrogen and oxygen atoms in total. The fraction of sp³-hybridized carbons (Fsp3) is 0.533. The summed E-state index contributed by atoms with van der Waals surface area (Å²) in [7, 11) is 3.61. The number of phenols is 1. The molecule has 2 atom stereocenters. The molecule has 2 unspecified atom stereocenters. The van der Waals surface area contributed by atoms with Gasteiger partial charge in [-0.25, -0.2) is 0 Å². The lowest BCUT2D eigenvalue weighted by molar-refractivity contribution is 0.0411. The third kappa shape index (κ3) is 2.72. The summed E-state index contributed by atoms with van der Waals surface area (Å²) in [5, 5.41) is 9.90. The van der Waals surface area contributed by atoms with Crippen LogP contribution in [0, 0.1) is 0 Å². The molecule has 1 aliphatic heterocycles. The molecule has 1 fully saturated rings. The van der Waals surface area contributed by atoms with Crippen molar-refractivity contribution in [3.63, 3.8) is 0 Å². The standard InChI is InChI=1S/C15H22N2O3/c1-10-8-17(9-11(2)16(10)3)15(19)13-7-12(20-4)5-6-14(13)18/h5-7,10-11,18H,8-9H2,1-4H3. The third-order valence-electron chi connectivity index (χ3n) is 4.08. The fourth-order valence-electron chi connectivity index (χ4n) is 2.55. The van der Waals surface area contributed by atoms with E-state index in [0.29, 0.717) is 36.5 Å². The maximum absolute atomic E-state index is 12.6. The van der Waals surface area contributed by atoms with E-state index in [0.717, 1.165) is 0 Å². The van der Waals surface area contributed by atoms with Crippen molar-refractivity contribution in [2.45, 2.75) is 25.9 Å². The summed E-state index contributed by atoms with van der Waals surface area (Å²) in [6, 6.07) is 5.33. The Kier molecular flexibility index (Phi) is 4.18. The van der Waals surface area contributed by atoms with Gasteiger partial charge in [-0.05, 0) is 39.1 Å². The molecule has 2 rings (SSSR count). The van der Waals surface area contributed by atoms with Crippen molar-refractivity contribution in [3.05, 3.63) is 23.8 Å². The lowest BCUT2D eigenvalue weighted by atomic mass is 10.1. The molecule has 0 saturated carbocycles. The summed E-state index contributed by atoms with van der Waals surface area (Å²) >= 11 is 0. The lowest BCUT2D eigenvalue weighted by Crippen LogP contribution is -2.56. The maximum atomic E-state index is 12.6. The largest absolute Gasteiger partial charge is 0.507 e. The number of carbonyl (C=O) groups is 1. The van der Waals surface area contributed by atoms with Gasteiger partial charge in [-0.1, -0.05) is 0 Å². The van der Waals surface area contributed by atoms with E-state index in [2.05, 4.69) is 25.8 Å². The van der Waals surface area contributed by atoms with Crippen LogP contribution in [0.25, 0.3) is 0 Å². The summed E-state index contributed by atoms with van der Waals surface area (Å²) in [6.07, 6.45) is 0. The van der Waals surface area contributed by atoms with Gasteiger partial charge in [0.2, 0.25) is 0 Å². The Hall–Kier alpha value is -1.75. The molecular weight excluding hydrogens is 256 g/mol. The molecule has 0 aromatic heterocycles. The summed E-state index contributed by atoms with van der Waals surface area (Å²) in [6.45, 7) is 5.52. The van der Waals surface area contributed by atoms with E-state index >= 15 is 0 Å². The summed E-state index contributed by atoms with van der Waals surface area (Å²) < 4.78 is 5.12. The second kappa shape index (κ2) is 5.71. The van der Waals surface area contributed by atoms with Crippen LogP contribution in [-0.4, -0.2) is 60.1 Å². The SMILES string of the molecule is COc1ccc(O)c(C(=O)N2CC(C)N(C)C(C)C2)c1. The Morgan fingerprint density at radius 2 is 1.90 bits per heavy atom. The predicted molar refractivity (Wildman–Crippen MR) is 77.2 cm³/mol. The Morgan fingerprint density at radius 3 is 2.45 bits per heavy atom. The van der Waals surface area contributed by atoms with Gasteiger partial charge in [-0.2, -0.15) is 0 Å². The van der Waals surface area contributed by atoms with Crippen molar-refractivity contribution < 1.29 is 14.6 Å². The van der Waals surface area contributed by atoms with Crippen LogP contribution in [0.1, 0.15) is 24.2 Å². The molecule has 0 aliphatic carbocycles. The number of rotatable bonds is 2. The molecule has 0 radical (unpaired) electrons. The Bertz CT molecular complexity index is 492. The monoisotopic (exact) mass is 278 g/mol. The van der Waals surface area contributed by atoms with Gasteiger partial charge in [-0.15, -0.1) is 0 Å². The van der Waals surface area contributed by atoms with Crippen LogP contribution in [0.15, 0.2) is 18.2 Å². The number of methoxy groups -OCH3 is 1. The van der Waals surface area contributed by atoms with Crippen molar-refractivity contribution in [2.75, 3.05) is 27.2 Å². The van der Waals surface area contributed by atoms with E-state index < -0.39 is 0 Å². The summed E-state index contributed by atoms with van der Waals surface area (Å²) in [4.78, 5) is 16.6. The highest BCUT2D eigenvalue weighted by molar-refractivity contribution is 5.97. The van der Waals surface area contributed by atoms with Gasteiger partial charge in [0.1, 0.15) is 11.5 Å². The molecular formula is C15H22N2O3. The number of piperazine rings is 1. The van der Waals surface area contributed by atoms with Gasteiger partial charge in [0, 0.05) is 25.2 Å². The molecule has 110 valence electrons. The van der Waals surface area contributed by atoms with Crippen LogP contribution >= 0.6 is 0 Å². The number of hydrogen-bond acceptors (Lipinski definition) is 4. The van der Waals surface area contributed by atoms with E-state index in [4.69, 9.17) is 4.74 Å². The van der Waals surface area contributed by atoms with Crippen LogP contribution in [0.4, 0.5) is 0 Å². The van der Waals surface area contributed by atoms with Gasteiger partial charge in [0.25, 0.3) is 5.91 Å².